The molecule has 0 atom stereocenters. The summed E-state index contributed by atoms with van der Waals surface area (Å²) in [6.45, 7) is 1.15. The number of tetrazole rings is 2. The van der Waals surface area contributed by atoms with E-state index >= 15 is 0 Å². The number of hydrogen-bond acceptors (Lipinski definition) is 6. The van der Waals surface area contributed by atoms with Crippen molar-refractivity contribution in [3.8, 4) is 0 Å². The molecule has 0 bridgehead atoms. The van der Waals surface area contributed by atoms with E-state index in [9.17, 15) is 0 Å². The van der Waals surface area contributed by atoms with Crippen LogP contribution in [0.2, 0.25) is 0 Å². The van der Waals surface area contributed by atoms with Crippen molar-refractivity contribution in [1.82, 2.24) is 40.4 Å². The van der Waals surface area contributed by atoms with Crippen molar-refractivity contribution in [3.05, 3.63) is 83.4 Å². The smallest absolute Gasteiger partial charge is 0.159 e. The first kappa shape index (κ1) is 15.8. The zero-order valence-electron chi connectivity index (χ0n) is 13.9. The quantitative estimate of drug-likeness (QED) is 0.531. The maximum atomic E-state index is 4.32. The van der Waals surface area contributed by atoms with Gasteiger partial charge in [0, 0.05) is 0 Å². The van der Waals surface area contributed by atoms with Crippen LogP contribution in [0.1, 0.15) is 22.8 Å². The Hall–Kier alpha value is -3.68. The topological polar surface area (TPSA) is 87.2 Å². The van der Waals surface area contributed by atoms with E-state index in [1.807, 2.05) is 60.7 Å². The number of hydrogen-bond donors (Lipinski definition) is 0. The lowest BCUT2D eigenvalue weighted by Gasteiger charge is -1.97. The third-order valence-corrected chi connectivity index (χ3v) is 3.65. The molecule has 8 heteroatoms. The van der Waals surface area contributed by atoms with Crippen LogP contribution in [0.4, 0.5) is 0 Å². The van der Waals surface area contributed by atoms with E-state index in [0.29, 0.717) is 24.7 Å². The molecular formula is C18H16N8. The number of aromatic nitrogens is 8. The van der Waals surface area contributed by atoms with Gasteiger partial charge in [-0.3, -0.25) is 0 Å². The molecule has 0 aliphatic carbocycles. The fourth-order valence-electron chi connectivity index (χ4n) is 2.42. The summed E-state index contributed by atoms with van der Waals surface area (Å²) in [4.78, 5) is 3.10. The molecule has 0 spiro atoms. The molecule has 26 heavy (non-hydrogen) atoms. The van der Waals surface area contributed by atoms with E-state index in [1.54, 1.807) is 21.7 Å². The second-order valence-electron chi connectivity index (χ2n) is 5.66. The molecule has 2 aromatic carbocycles. The SMILES string of the molecule is C(=C\c1nnn(Cc2ccccc2)n1)/c1nnn(Cc2ccccc2)n1. The maximum absolute atomic E-state index is 4.32. The Kier molecular flexibility index (Phi) is 4.55. The lowest BCUT2D eigenvalue weighted by molar-refractivity contribution is 0.572. The summed E-state index contributed by atoms with van der Waals surface area (Å²) in [6.07, 6.45) is 3.44. The standard InChI is InChI=1S/C18H16N8/c1-3-7-15(8-4-1)13-25-21-17(19-23-25)11-12-18-20-24-26(22-18)14-16-9-5-2-6-10-16/h1-12H,13-14H2/b12-11+. The number of rotatable bonds is 6. The van der Waals surface area contributed by atoms with Crippen LogP contribution in [0, 0.1) is 0 Å². The summed E-state index contributed by atoms with van der Waals surface area (Å²) >= 11 is 0. The predicted octanol–water partition coefficient (Wildman–Crippen LogP) is 1.93. The lowest BCUT2D eigenvalue weighted by atomic mass is 10.2. The highest BCUT2D eigenvalue weighted by atomic mass is 15.6. The Balaban J connectivity index is 1.39. The number of nitrogens with zero attached hydrogens (tertiary/aromatic N) is 8. The van der Waals surface area contributed by atoms with Crippen LogP contribution in [0.3, 0.4) is 0 Å². The van der Waals surface area contributed by atoms with Crippen LogP contribution in [-0.2, 0) is 13.1 Å². The van der Waals surface area contributed by atoms with Gasteiger partial charge in [0.1, 0.15) is 0 Å². The first-order valence-electron chi connectivity index (χ1n) is 8.17. The van der Waals surface area contributed by atoms with Crippen LogP contribution in [-0.4, -0.2) is 40.4 Å². The van der Waals surface area contributed by atoms with Crippen molar-refractivity contribution >= 4 is 12.2 Å². The summed E-state index contributed by atoms with van der Waals surface area (Å²) in [6, 6.07) is 20.0. The highest BCUT2D eigenvalue weighted by Gasteiger charge is 2.03. The van der Waals surface area contributed by atoms with E-state index in [0.717, 1.165) is 11.1 Å². The zero-order valence-corrected chi connectivity index (χ0v) is 13.9. The Morgan fingerprint density at radius 1 is 0.615 bits per heavy atom. The van der Waals surface area contributed by atoms with Crippen molar-refractivity contribution in [1.29, 1.82) is 0 Å². The van der Waals surface area contributed by atoms with Gasteiger partial charge in [0.05, 0.1) is 13.1 Å². The molecule has 0 aliphatic rings. The largest absolute Gasteiger partial charge is 0.197 e. The van der Waals surface area contributed by atoms with Gasteiger partial charge < -0.3 is 0 Å². The minimum absolute atomic E-state index is 0.500. The van der Waals surface area contributed by atoms with Gasteiger partial charge in [0.25, 0.3) is 0 Å². The van der Waals surface area contributed by atoms with Crippen molar-refractivity contribution in [2.75, 3.05) is 0 Å². The van der Waals surface area contributed by atoms with Gasteiger partial charge in [-0.1, -0.05) is 60.7 Å². The fourth-order valence-corrected chi connectivity index (χ4v) is 2.42. The molecule has 0 amide bonds. The van der Waals surface area contributed by atoms with E-state index < -0.39 is 0 Å². The molecule has 8 nitrogen and oxygen atoms in total. The van der Waals surface area contributed by atoms with E-state index in [4.69, 9.17) is 0 Å². The highest BCUT2D eigenvalue weighted by molar-refractivity contribution is 5.61. The fraction of sp³-hybridized carbons (Fsp3) is 0.111. The summed E-state index contributed by atoms with van der Waals surface area (Å²) in [5.74, 6) is 1.00. The molecule has 0 saturated heterocycles. The van der Waals surface area contributed by atoms with Crippen molar-refractivity contribution in [3.63, 3.8) is 0 Å². The van der Waals surface area contributed by atoms with Gasteiger partial charge in [-0.05, 0) is 33.7 Å². The van der Waals surface area contributed by atoms with Crippen LogP contribution in [0.5, 0.6) is 0 Å². The molecule has 128 valence electrons. The highest BCUT2D eigenvalue weighted by Crippen LogP contribution is 2.03. The summed E-state index contributed by atoms with van der Waals surface area (Å²) < 4.78 is 0. The summed E-state index contributed by atoms with van der Waals surface area (Å²) in [5, 5.41) is 24.8. The lowest BCUT2D eigenvalue weighted by Crippen LogP contribution is -2.03. The third kappa shape index (κ3) is 4.04. The molecule has 2 heterocycles. The molecule has 4 aromatic rings. The van der Waals surface area contributed by atoms with E-state index in [2.05, 4.69) is 30.8 Å². The molecule has 0 radical (unpaired) electrons. The average molecular weight is 344 g/mol. The van der Waals surface area contributed by atoms with Crippen molar-refractivity contribution in [2.24, 2.45) is 0 Å². The normalized spacial score (nSPS) is 11.2. The average Bonchev–Trinajstić information content (AvgIpc) is 3.31. The van der Waals surface area contributed by atoms with Gasteiger partial charge in [-0.25, -0.2) is 0 Å². The molecule has 0 saturated carbocycles. The second-order valence-corrected chi connectivity index (χ2v) is 5.66. The first-order chi connectivity index (χ1) is 12.8. The van der Waals surface area contributed by atoms with Crippen LogP contribution in [0.25, 0.3) is 12.2 Å². The van der Waals surface area contributed by atoms with Gasteiger partial charge >= 0.3 is 0 Å². The molecule has 4 rings (SSSR count). The van der Waals surface area contributed by atoms with Crippen LogP contribution >= 0.6 is 0 Å². The molecule has 0 fully saturated rings. The van der Waals surface area contributed by atoms with Crippen LogP contribution < -0.4 is 0 Å². The van der Waals surface area contributed by atoms with Gasteiger partial charge in [-0.15, -0.1) is 20.4 Å². The maximum Gasteiger partial charge on any atom is 0.197 e. The Morgan fingerprint density at radius 2 is 1.04 bits per heavy atom. The molecule has 2 aromatic heterocycles. The Morgan fingerprint density at radius 3 is 1.46 bits per heavy atom. The van der Waals surface area contributed by atoms with Gasteiger partial charge in [0.2, 0.25) is 0 Å². The monoisotopic (exact) mass is 344 g/mol. The molecule has 0 N–H and O–H groups in total. The van der Waals surface area contributed by atoms with Crippen molar-refractivity contribution < 1.29 is 0 Å². The van der Waals surface area contributed by atoms with Crippen molar-refractivity contribution in [2.45, 2.75) is 13.1 Å². The molecular weight excluding hydrogens is 328 g/mol. The zero-order chi connectivity index (χ0) is 17.6. The summed E-state index contributed by atoms with van der Waals surface area (Å²) in [7, 11) is 0. The minimum Gasteiger partial charge on any atom is -0.159 e. The molecule has 0 aliphatic heterocycles. The number of benzene rings is 2. The second kappa shape index (κ2) is 7.47. The first-order valence-corrected chi connectivity index (χ1v) is 8.17. The minimum atomic E-state index is 0.500. The van der Waals surface area contributed by atoms with E-state index in [-0.39, 0.29) is 0 Å². The molecule has 0 unspecified atom stereocenters. The van der Waals surface area contributed by atoms with Gasteiger partial charge in [0.15, 0.2) is 11.6 Å². The van der Waals surface area contributed by atoms with E-state index in [1.165, 1.54) is 0 Å². The Labute approximate surface area is 149 Å². The predicted molar refractivity (Wildman–Crippen MR) is 95.7 cm³/mol. The van der Waals surface area contributed by atoms with Gasteiger partial charge in [-0.2, -0.15) is 9.59 Å². The van der Waals surface area contributed by atoms with Crippen LogP contribution in [0.15, 0.2) is 60.7 Å². The third-order valence-electron chi connectivity index (χ3n) is 3.65. The summed E-state index contributed by atoms with van der Waals surface area (Å²) in [5.41, 5.74) is 2.23. The Bertz CT molecular complexity index is 906.